The first-order valence-electron chi connectivity index (χ1n) is 28.9. The summed E-state index contributed by atoms with van der Waals surface area (Å²) in [6.07, 6.45) is -13.8. The van der Waals surface area contributed by atoms with E-state index in [1.165, 1.54) is 23.8 Å². The van der Waals surface area contributed by atoms with E-state index in [2.05, 4.69) is 26.6 Å². The highest BCUT2D eigenvalue weighted by Crippen LogP contribution is 2.39. The molecule has 12 atom stereocenters. The molecule has 85 heavy (non-hydrogen) atoms. The maximum absolute atomic E-state index is 14.0. The Hall–Kier alpha value is -5.65. The second-order valence-corrected chi connectivity index (χ2v) is 28.4. The van der Waals surface area contributed by atoms with Crippen LogP contribution in [0.3, 0.4) is 0 Å². The molecule has 4 aliphatic rings. The minimum Gasteiger partial charge on any atom is -0.491 e. The van der Waals surface area contributed by atoms with Gasteiger partial charge in [-0.3, -0.25) is 4.79 Å². The van der Waals surface area contributed by atoms with Crippen LogP contribution in [0.2, 0.25) is 0 Å². The Bertz CT molecular complexity index is 2340. The van der Waals surface area contributed by atoms with E-state index in [0.717, 1.165) is 4.90 Å². The van der Waals surface area contributed by atoms with Crippen molar-refractivity contribution >= 4 is 42.5 Å². The molecule has 1 unspecified atom stereocenters. The summed E-state index contributed by atoms with van der Waals surface area (Å²) in [5, 5.41) is 62.0. The second kappa shape index (κ2) is 28.0. The van der Waals surface area contributed by atoms with Gasteiger partial charge < -0.3 is 104 Å². The van der Waals surface area contributed by atoms with Gasteiger partial charge in [0.05, 0.1) is 50.0 Å². The van der Waals surface area contributed by atoms with E-state index in [4.69, 9.17) is 42.6 Å². The lowest BCUT2D eigenvalue weighted by Crippen LogP contribution is -2.71. The van der Waals surface area contributed by atoms with Gasteiger partial charge in [0, 0.05) is 45.2 Å². The molecule has 3 heterocycles. The molecule has 1 saturated carbocycles. The van der Waals surface area contributed by atoms with Gasteiger partial charge in [-0.2, -0.15) is 0 Å². The Labute approximate surface area is 500 Å². The average molecular weight is 1220 g/mol. The zero-order chi connectivity index (χ0) is 64.7. The van der Waals surface area contributed by atoms with Crippen molar-refractivity contribution < 1.29 is 96.6 Å². The number of ether oxygens (including phenoxy) is 9. The van der Waals surface area contributed by atoms with Crippen molar-refractivity contribution in [3.63, 3.8) is 0 Å². The minimum absolute atomic E-state index is 0.0158. The van der Waals surface area contributed by atoms with Crippen molar-refractivity contribution in [2.75, 3.05) is 52.9 Å². The molecular formula is C57H100N8O20. The number of likely N-dealkylation sites (N-methyl/N-ethyl adjacent to an activating group) is 1. The summed E-state index contributed by atoms with van der Waals surface area (Å²) in [7, 11) is 1.30. The Morgan fingerprint density at radius 1 is 0.694 bits per heavy atom. The number of hydrogen-bond acceptors (Lipinski definition) is 21. The van der Waals surface area contributed by atoms with Gasteiger partial charge in [-0.15, -0.1) is 0 Å². The zero-order valence-corrected chi connectivity index (χ0v) is 53.5. The molecular weight excluding hydrogens is 1120 g/mol. The predicted molar refractivity (Wildman–Crippen MR) is 307 cm³/mol. The van der Waals surface area contributed by atoms with Crippen molar-refractivity contribution in [2.24, 2.45) is 5.92 Å². The summed E-state index contributed by atoms with van der Waals surface area (Å²) in [5.74, 6) is -2.12. The number of hydrogen-bond donors (Lipinski definition) is 9. The van der Waals surface area contributed by atoms with E-state index in [1.807, 2.05) is 0 Å². The molecule has 3 aliphatic heterocycles. The van der Waals surface area contributed by atoms with E-state index in [1.54, 1.807) is 131 Å². The van der Waals surface area contributed by atoms with E-state index in [0.29, 0.717) is 5.76 Å². The molecule has 3 fully saturated rings. The normalized spacial score (nSPS) is 27.2. The number of carbonyl (C=O) groups is 7. The highest BCUT2D eigenvalue weighted by atomic mass is 16.7. The summed E-state index contributed by atoms with van der Waals surface area (Å²) < 4.78 is 52.8. The van der Waals surface area contributed by atoms with Crippen molar-refractivity contribution in [3.05, 3.63) is 11.8 Å². The number of aliphatic hydroxyl groups excluding tert-OH is 3. The molecule has 0 radical (unpaired) electrons. The first-order chi connectivity index (χ1) is 38.6. The SMILES string of the molecule is CN(C(=O)OC(C)(C)C)[C@@H]1[C@@H](O)[C@@H](O[C@H]2[C@H](NC(=O)[C@@H](O)CNC(=O)OC(C)(C)C)C[C@H](NC(=O)OC(C)(C)C)C([C@H]3OC(CNCCN(C(=O)OC(C)(C)C)C4CN(C(=O)OC(C)(C)C)C4)=CC[C@H]3NC(=O)OC(C)(C)C)[C@@H]2O)OC[C@]1(C)O. The highest BCUT2D eigenvalue weighted by Gasteiger charge is 2.57. The largest absolute Gasteiger partial charge is 0.491 e. The average Bonchev–Trinajstić information content (AvgIpc) is 3.50. The van der Waals surface area contributed by atoms with Gasteiger partial charge in [-0.05, 0) is 150 Å². The van der Waals surface area contributed by atoms with Crippen LogP contribution in [0.15, 0.2) is 11.8 Å². The first-order valence-corrected chi connectivity index (χ1v) is 28.9. The number of nitrogens with zero attached hydrogens (tertiary/aromatic N) is 3. The molecule has 0 aromatic heterocycles. The molecule has 28 nitrogen and oxygen atoms in total. The van der Waals surface area contributed by atoms with E-state index in [-0.39, 0.29) is 45.6 Å². The smallest absolute Gasteiger partial charge is 0.410 e. The molecule has 0 bridgehead atoms. The van der Waals surface area contributed by atoms with Crippen LogP contribution in [-0.4, -0.2) is 237 Å². The number of alkyl carbamates (subject to hydrolysis) is 3. The van der Waals surface area contributed by atoms with Crippen LogP contribution >= 0.6 is 0 Å². The van der Waals surface area contributed by atoms with Gasteiger partial charge in [0.25, 0.3) is 5.91 Å². The van der Waals surface area contributed by atoms with E-state index in [9.17, 15) is 54.0 Å². The summed E-state index contributed by atoms with van der Waals surface area (Å²) in [6.45, 7) is 31.1. The molecule has 2 saturated heterocycles. The van der Waals surface area contributed by atoms with Crippen molar-refractivity contribution in [1.29, 1.82) is 0 Å². The van der Waals surface area contributed by atoms with E-state index >= 15 is 0 Å². The van der Waals surface area contributed by atoms with Gasteiger partial charge in [0.2, 0.25) is 0 Å². The Balaban J connectivity index is 1.78. The fourth-order valence-electron chi connectivity index (χ4n) is 9.84. The van der Waals surface area contributed by atoms with Gasteiger partial charge in [0.15, 0.2) is 6.29 Å². The molecule has 4 rings (SSSR count). The number of amides is 7. The zero-order valence-electron chi connectivity index (χ0n) is 53.5. The van der Waals surface area contributed by atoms with Gasteiger partial charge in [0.1, 0.15) is 69.4 Å². The Morgan fingerprint density at radius 2 is 1.20 bits per heavy atom. The fourth-order valence-corrected chi connectivity index (χ4v) is 9.84. The molecule has 488 valence electrons. The lowest BCUT2D eigenvalue weighted by atomic mass is 9.72. The molecule has 0 spiro atoms. The number of aliphatic hydroxyl groups is 4. The van der Waals surface area contributed by atoms with Crippen LogP contribution in [-0.2, 0) is 47.4 Å². The summed E-state index contributed by atoms with van der Waals surface area (Å²) in [4.78, 5) is 98.3. The van der Waals surface area contributed by atoms with E-state index < -0.39 is 168 Å². The number of likely N-dealkylation sites (tertiary alicyclic amines) is 1. The van der Waals surface area contributed by atoms with Crippen LogP contribution in [0.4, 0.5) is 28.8 Å². The Kier molecular flexibility index (Phi) is 23.7. The van der Waals surface area contributed by atoms with Gasteiger partial charge in [-0.25, -0.2) is 28.8 Å². The summed E-state index contributed by atoms with van der Waals surface area (Å²) >= 11 is 0. The molecule has 9 N–H and O–H groups in total. The third-order valence-electron chi connectivity index (χ3n) is 13.2. The highest BCUT2D eigenvalue weighted by molar-refractivity contribution is 5.82. The first kappa shape index (κ1) is 71.8. The number of rotatable bonds is 16. The molecule has 0 aromatic rings. The van der Waals surface area contributed by atoms with Gasteiger partial charge >= 0.3 is 36.6 Å². The maximum atomic E-state index is 14.0. The maximum Gasteiger partial charge on any atom is 0.410 e. The topological polar surface area (TPSA) is 353 Å². The van der Waals surface area contributed by atoms with Crippen LogP contribution in [0.1, 0.15) is 144 Å². The van der Waals surface area contributed by atoms with Crippen molar-refractivity contribution in [3.8, 4) is 0 Å². The summed E-state index contributed by atoms with van der Waals surface area (Å²) in [5.41, 5.74) is -7.39. The molecule has 7 amide bonds. The van der Waals surface area contributed by atoms with Crippen molar-refractivity contribution in [1.82, 2.24) is 41.3 Å². The fraction of sp³-hybridized carbons (Fsp3) is 0.842. The predicted octanol–water partition coefficient (Wildman–Crippen LogP) is 3.73. The van der Waals surface area contributed by atoms with Crippen molar-refractivity contribution in [2.45, 2.75) is 251 Å². The lowest BCUT2D eigenvalue weighted by Gasteiger charge is -2.52. The van der Waals surface area contributed by atoms with Crippen LogP contribution < -0.4 is 26.6 Å². The van der Waals surface area contributed by atoms with Gasteiger partial charge in [-0.1, -0.05) is 0 Å². The van der Waals surface area contributed by atoms with Crippen LogP contribution in [0.5, 0.6) is 0 Å². The lowest BCUT2D eigenvalue weighted by molar-refractivity contribution is -0.305. The standard InChI is InChI=1S/C57H100N8O20/c1-51(2,3)80-45(70)59-27-36(66)43(69)60-35-25-34(62-47(72)82-53(7,8)9)37(38(67)41(35)79-44-39(68)42(57(19,76)30-77-44)63(20)48(73)83-54(10,11)12)40-33(61-46(71)81-52(4,5)6)22-21-32(78-40)26-58-23-24-65(50(75)85-56(16,17)18)31-28-64(29-31)49(74)84-55(13,14)15/h21,31,33-42,44,58,66-68,76H,22-30H2,1-20H3,(H,59,70)(H,60,69)(H,61,71)(H,62,72)/t33-,34+,35-,36+,37?,38+,39-,40+,41+,42-,44-,57+/m1/s1. The third kappa shape index (κ3) is 22.9. The van der Waals surface area contributed by atoms with Crippen LogP contribution in [0.25, 0.3) is 0 Å². The monoisotopic (exact) mass is 1220 g/mol. The quantitative estimate of drug-likeness (QED) is 0.0785. The molecule has 28 heteroatoms. The third-order valence-corrected chi connectivity index (χ3v) is 13.2. The molecule has 0 aromatic carbocycles. The molecule has 1 aliphatic carbocycles. The second-order valence-electron chi connectivity index (χ2n) is 28.4. The van der Waals surface area contributed by atoms with Crippen LogP contribution in [0, 0.1) is 5.92 Å². The minimum atomic E-state index is -1.93. The summed E-state index contributed by atoms with van der Waals surface area (Å²) in [6, 6.07) is -5.55. The number of carbonyl (C=O) groups excluding carboxylic acids is 7. The number of nitrogens with one attached hydrogen (secondary N) is 5. The Morgan fingerprint density at radius 3 is 1.73 bits per heavy atom.